The standard InChI is InChI=1S/C31H33N5O5/c1-18-12-24(37)13-19(2)25(18)15-26(35-31(40)41)30(39)36(17-21-8-7-11-23(14-21)28(32)38)20(3)29-33-16-27(34-29)22-9-5-4-6-10-22/h4-14,16,20,26,35,37H,15,17H2,1-3H3,(H2,32,38)(H,33,34)(H,40,41). The minimum atomic E-state index is -1.34. The number of nitrogens with one attached hydrogen (secondary N) is 2. The first kappa shape index (κ1) is 28.9. The van der Waals surface area contributed by atoms with Crippen molar-refractivity contribution in [2.24, 2.45) is 5.73 Å². The third-order valence-electron chi connectivity index (χ3n) is 7.08. The number of carbonyl (C=O) groups excluding carboxylic acids is 2. The van der Waals surface area contributed by atoms with Gasteiger partial charge in [-0.3, -0.25) is 9.59 Å². The number of amides is 3. The van der Waals surface area contributed by atoms with Crippen molar-refractivity contribution in [3.63, 3.8) is 0 Å². The predicted octanol–water partition coefficient (Wildman–Crippen LogP) is 4.47. The number of aromatic hydroxyl groups is 1. The number of aromatic nitrogens is 2. The van der Waals surface area contributed by atoms with E-state index in [2.05, 4.69) is 15.3 Å². The molecule has 1 heterocycles. The zero-order valence-electron chi connectivity index (χ0n) is 23.1. The predicted molar refractivity (Wildman–Crippen MR) is 154 cm³/mol. The van der Waals surface area contributed by atoms with Crippen LogP contribution in [0.15, 0.2) is 72.9 Å². The van der Waals surface area contributed by atoms with E-state index in [9.17, 15) is 24.6 Å². The first-order chi connectivity index (χ1) is 19.5. The zero-order valence-corrected chi connectivity index (χ0v) is 23.1. The van der Waals surface area contributed by atoms with Crippen LogP contribution in [0.3, 0.4) is 0 Å². The summed E-state index contributed by atoms with van der Waals surface area (Å²) in [5.41, 5.74) is 10.3. The van der Waals surface area contributed by atoms with Crippen molar-refractivity contribution in [3.05, 3.63) is 107 Å². The number of benzene rings is 3. The average molecular weight is 556 g/mol. The van der Waals surface area contributed by atoms with E-state index in [0.717, 1.165) is 27.9 Å². The number of hydrogen-bond acceptors (Lipinski definition) is 5. The molecule has 212 valence electrons. The third-order valence-corrected chi connectivity index (χ3v) is 7.08. The fourth-order valence-corrected chi connectivity index (χ4v) is 4.93. The van der Waals surface area contributed by atoms with E-state index >= 15 is 0 Å². The van der Waals surface area contributed by atoms with Gasteiger partial charge in [0.05, 0.1) is 17.9 Å². The molecule has 0 saturated heterocycles. The molecular weight excluding hydrogens is 522 g/mol. The van der Waals surface area contributed by atoms with Crippen molar-refractivity contribution in [1.29, 1.82) is 0 Å². The molecule has 2 atom stereocenters. The summed E-state index contributed by atoms with van der Waals surface area (Å²) in [5, 5.41) is 22.0. The summed E-state index contributed by atoms with van der Waals surface area (Å²) in [6.07, 6.45) is 0.416. The molecule has 0 spiro atoms. The molecule has 2 unspecified atom stereocenters. The number of carbonyl (C=O) groups is 3. The van der Waals surface area contributed by atoms with E-state index in [1.54, 1.807) is 63.4 Å². The van der Waals surface area contributed by atoms with Gasteiger partial charge in [-0.05, 0) is 72.9 Å². The highest BCUT2D eigenvalue weighted by Crippen LogP contribution is 2.27. The number of hydrogen-bond donors (Lipinski definition) is 5. The van der Waals surface area contributed by atoms with Gasteiger partial charge < -0.3 is 31.1 Å². The fourth-order valence-electron chi connectivity index (χ4n) is 4.93. The highest BCUT2D eigenvalue weighted by atomic mass is 16.4. The maximum absolute atomic E-state index is 14.2. The number of carboxylic acid groups (broad SMARTS) is 1. The number of nitrogens with two attached hydrogens (primary N) is 1. The summed E-state index contributed by atoms with van der Waals surface area (Å²) < 4.78 is 0. The molecule has 0 fully saturated rings. The van der Waals surface area contributed by atoms with Gasteiger partial charge in [0.25, 0.3) is 0 Å². The molecule has 6 N–H and O–H groups in total. The van der Waals surface area contributed by atoms with Crippen molar-refractivity contribution in [3.8, 4) is 17.0 Å². The van der Waals surface area contributed by atoms with Crippen LogP contribution < -0.4 is 11.1 Å². The van der Waals surface area contributed by atoms with Gasteiger partial charge in [0.1, 0.15) is 17.6 Å². The first-order valence-electron chi connectivity index (χ1n) is 13.1. The van der Waals surface area contributed by atoms with Gasteiger partial charge in [-0.2, -0.15) is 0 Å². The number of primary amides is 1. The summed E-state index contributed by atoms with van der Waals surface area (Å²) in [6, 6.07) is 17.7. The molecule has 0 aliphatic carbocycles. The molecular formula is C31H33N5O5. The van der Waals surface area contributed by atoms with Gasteiger partial charge in [-0.15, -0.1) is 0 Å². The molecule has 3 aromatic carbocycles. The number of phenols is 1. The van der Waals surface area contributed by atoms with Gasteiger partial charge in [0, 0.05) is 18.5 Å². The lowest BCUT2D eigenvalue weighted by Gasteiger charge is -2.32. The number of phenolic OH excluding ortho intramolecular Hbond substituents is 1. The molecule has 0 aliphatic rings. The second kappa shape index (κ2) is 12.4. The molecule has 0 aliphatic heterocycles. The Morgan fingerprint density at radius 3 is 2.34 bits per heavy atom. The van der Waals surface area contributed by atoms with Crippen LogP contribution in [-0.2, 0) is 17.8 Å². The largest absolute Gasteiger partial charge is 0.508 e. The van der Waals surface area contributed by atoms with Crippen LogP contribution in [0.1, 0.15) is 51.4 Å². The van der Waals surface area contributed by atoms with Gasteiger partial charge in [0.15, 0.2) is 0 Å². The molecule has 10 nitrogen and oxygen atoms in total. The lowest BCUT2D eigenvalue weighted by Crippen LogP contribution is -2.50. The summed E-state index contributed by atoms with van der Waals surface area (Å²) in [6.45, 7) is 5.47. The molecule has 1 aromatic heterocycles. The number of aromatic amines is 1. The smallest absolute Gasteiger partial charge is 0.405 e. The number of rotatable bonds is 10. The second-order valence-corrected chi connectivity index (χ2v) is 10.0. The van der Waals surface area contributed by atoms with E-state index in [1.165, 1.54) is 4.90 Å². The Hall–Kier alpha value is -5.12. The van der Waals surface area contributed by atoms with E-state index in [-0.39, 0.29) is 18.7 Å². The van der Waals surface area contributed by atoms with Gasteiger partial charge in [-0.1, -0.05) is 42.5 Å². The fraction of sp³-hybridized carbons (Fsp3) is 0.226. The zero-order chi connectivity index (χ0) is 29.7. The highest BCUT2D eigenvalue weighted by molar-refractivity contribution is 5.93. The van der Waals surface area contributed by atoms with Gasteiger partial charge in [0.2, 0.25) is 11.8 Å². The molecule has 0 radical (unpaired) electrons. The Labute approximate surface area is 237 Å². The molecule has 0 bridgehead atoms. The lowest BCUT2D eigenvalue weighted by atomic mass is 9.95. The summed E-state index contributed by atoms with van der Waals surface area (Å²) in [7, 11) is 0. The van der Waals surface area contributed by atoms with Gasteiger partial charge in [-0.25, -0.2) is 9.78 Å². The van der Waals surface area contributed by atoms with Crippen molar-refractivity contribution in [1.82, 2.24) is 20.2 Å². The Bertz CT molecular complexity index is 1540. The third kappa shape index (κ3) is 6.91. The van der Waals surface area contributed by atoms with Crippen LogP contribution in [0.5, 0.6) is 5.75 Å². The highest BCUT2D eigenvalue weighted by Gasteiger charge is 2.32. The molecule has 10 heteroatoms. The van der Waals surface area contributed by atoms with Crippen LogP contribution >= 0.6 is 0 Å². The van der Waals surface area contributed by atoms with Crippen molar-refractivity contribution < 1.29 is 24.6 Å². The van der Waals surface area contributed by atoms with Crippen LogP contribution in [-0.4, -0.2) is 49.0 Å². The summed E-state index contributed by atoms with van der Waals surface area (Å²) in [5.74, 6) is -0.474. The van der Waals surface area contributed by atoms with E-state index in [4.69, 9.17) is 5.73 Å². The monoisotopic (exact) mass is 555 g/mol. The minimum absolute atomic E-state index is 0.0633. The molecule has 4 aromatic rings. The van der Waals surface area contributed by atoms with E-state index < -0.39 is 30.0 Å². The van der Waals surface area contributed by atoms with E-state index in [1.807, 2.05) is 30.3 Å². The van der Waals surface area contributed by atoms with Crippen LogP contribution in [0.25, 0.3) is 11.3 Å². The Morgan fingerprint density at radius 1 is 1.02 bits per heavy atom. The molecule has 3 amide bonds. The number of nitrogens with zero attached hydrogens (tertiary/aromatic N) is 2. The molecule has 0 saturated carbocycles. The van der Waals surface area contributed by atoms with Crippen LogP contribution in [0, 0.1) is 13.8 Å². The van der Waals surface area contributed by atoms with Crippen molar-refractivity contribution >= 4 is 17.9 Å². The van der Waals surface area contributed by atoms with Gasteiger partial charge >= 0.3 is 6.09 Å². The summed E-state index contributed by atoms with van der Waals surface area (Å²) in [4.78, 5) is 47.2. The van der Waals surface area contributed by atoms with Crippen molar-refractivity contribution in [2.45, 2.75) is 45.8 Å². The van der Waals surface area contributed by atoms with Crippen LogP contribution in [0.4, 0.5) is 4.79 Å². The minimum Gasteiger partial charge on any atom is -0.508 e. The quantitative estimate of drug-likeness (QED) is 0.194. The maximum atomic E-state index is 14.2. The normalized spacial score (nSPS) is 12.4. The SMILES string of the molecule is Cc1cc(O)cc(C)c1CC(NC(=O)O)C(=O)N(Cc1cccc(C(N)=O)c1)C(C)c1ncc(-c2ccccc2)[nH]1. The van der Waals surface area contributed by atoms with E-state index in [0.29, 0.717) is 17.0 Å². The second-order valence-electron chi connectivity index (χ2n) is 10.0. The Morgan fingerprint density at radius 2 is 1.71 bits per heavy atom. The van der Waals surface area contributed by atoms with Crippen molar-refractivity contribution in [2.75, 3.05) is 0 Å². The molecule has 4 rings (SSSR count). The number of imidazole rings is 1. The topological polar surface area (TPSA) is 162 Å². The maximum Gasteiger partial charge on any atom is 0.405 e. The lowest BCUT2D eigenvalue weighted by molar-refractivity contribution is -0.136. The summed E-state index contributed by atoms with van der Waals surface area (Å²) >= 11 is 0. The Balaban J connectivity index is 1.73. The number of aryl methyl sites for hydroxylation is 2. The first-order valence-corrected chi connectivity index (χ1v) is 13.1. The van der Waals surface area contributed by atoms with Crippen LogP contribution in [0.2, 0.25) is 0 Å². The average Bonchev–Trinajstić information content (AvgIpc) is 3.43. The number of H-pyrrole nitrogens is 1. The Kier molecular flexibility index (Phi) is 8.72. The molecule has 41 heavy (non-hydrogen) atoms.